The number of fused-ring (bicyclic) bond motifs is 2. The average molecular weight is 675 g/mol. The number of hydroxylamine groups is 4. The van der Waals surface area contributed by atoms with E-state index in [4.69, 9.17) is 18.5 Å². The maximum atomic E-state index is 13.4. The molecule has 2 aromatic heterocycles. The summed E-state index contributed by atoms with van der Waals surface area (Å²) < 4.78 is 91.4. The molecule has 0 saturated carbocycles. The highest BCUT2D eigenvalue weighted by atomic mass is 19.4. The molecule has 2 aliphatic heterocycles. The fourth-order valence-corrected chi connectivity index (χ4v) is 6.18. The van der Waals surface area contributed by atoms with Gasteiger partial charge in [0.15, 0.2) is 0 Å². The third-order valence-corrected chi connectivity index (χ3v) is 8.31. The molecule has 6 rings (SSSR count). The molecular formula is C34H28F6N2O6. The van der Waals surface area contributed by atoms with E-state index < -0.39 is 35.4 Å². The minimum Gasteiger partial charge on any atom is -0.464 e. The first-order chi connectivity index (χ1) is 22.7. The van der Waals surface area contributed by atoms with Crippen LogP contribution in [0.25, 0.3) is 33.1 Å². The van der Waals surface area contributed by atoms with Crippen LogP contribution in [0.1, 0.15) is 36.1 Å². The van der Waals surface area contributed by atoms with Crippen molar-refractivity contribution in [3.8, 4) is 0 Å². The van der Waals surface area contributed by atoms with Crippen LogP contribution in [0.2, 0.25) is 0 Å². The molecule has 0 bridgehead atoms. The summed E-state index contributed by atoms with van der Waals surface area (Å²) in [6.07, 6.45) is -1.32. The summed E-state index contributed by atoms with van der Waals surface area (Å²) in [4.78, 5) is 35.6. The van der Waals surface area contributed by atoms with E-state index in [2.05, 4.69) is 0 Å². The van der Waals surface area contributed by atoms with Gasteiger partial charge in [-0.15, -0.1) is 10.1 Å². The molecule has 0 radical (unpaired) electrons. The van der Waals surface area contributed by atoms with Crippen LogP contribution in [0.3, 0.4) is 0 Å². The Hall–Kier alpha value is -4.82. The molecule has 4 heterocycles. The Morgan fingerprint density at radius 1 is 0.688 bits per heavy atom. The second-order valence-corrected chi connectivity index (χ2v) is 11.6. The topological polar surface area (TPSA) is 85.4 Å². The van der Waals surface area contributed by atoms with E-state index in [1.54, 1.807) is 12.2 Å². The van der Waals surface area contributed by atoms with Crippen LogP contribution in [0.15, 0.2) is 82.1 Å². The normalized spacial score (nSPS) is 19.9. The van der Waals surface area contributed by atoms with Crippen LogP contribution in [0.5, 0.6) is 0 Å². The zero-order valence-electron chi connectivity index (χ0n) is 25.5. The Morgan fingerprint density at radius 2 is 1.08 bits per heavy atom. The molecular weight excluding hydrogens is 646 g/mol. The van der Waals surface area contributed by atoms with Crippen LogP contribution in [-0.4, -0.2) is 48.2 Å². The number of halogens is 6. The molecule has 0 spiro atoms. The van der Waals surface area contributed by atoms with Crippen LogP contribution in [-0.2, 0) is 31.6 Å². The SMILES string of the molecule is CC1CN(OC(=O)/C=C/C(=O)ON2CC=C(c3ccc(C(F)(F)F)c4ccoc34)C(C)C2)CC=C1c1ccc(C(F)(F)F)c2ccoc12. The molecule has 0 fully saturated rings. The Morgan fingerprint density at radius 3 is 1.44 bits per heavy atom. The summed E-state index contributed by atoms with van der Waals surface area (Å²) in [6.45, 7) is 4.44. The lowest BCUT2D eigenvalue weighted by molar-refractivity contribution is -0.186. The highest BCUT2D eigenvalue weighted by Crippen LogP contribution is 2.41. The number of carbonyl (C=O) groups excluding carboxylic acids is 2. The molecule has 0 N–H and O–H groups in total. The minimum absolute atomic E-state index is 0.0380. The lowest BCUT2D eigenvalue weighted by atomic mass is 9.89. The predicted molar refractivity (Wildman–Crippen MR) is 161 cm³/mol. The van der Waals surface area contributed by atoms with Crippen molar-refractivity contribution in [1.29, 1.82) is 0 Å². The smallest absolute Gasteiger partial charge is 0.417 e. The van der Waals surface area contributed by atoms with Gasteiger partial charge in [0.1, 0.15) is 11.2 Å². The Labute approximate surface area is 269 Å². The van der Waals surface area contributed by atoms with Gasteiger partial charge >= 0.3 is 24.3 Å². The standard InChI is InChI=1S/C34H28F6N2O6/c1-19-17-41(13-9-21(19)23-3-5-27(33(35,36)37)25-11-15-45-31(23)25)47-29(43)7-8-30(44)48-42-14-10-22(20(2)18-42)24-4-6-28(34(38,39)40)26-12-16-46-32(24)26/h3-12,15-16,19-20H,13-14,17-18H2,1-2H3/b8-7+. The number of benzene rings is 2. The number of hydrogen-bond donors (Lipinski definition) is 0. The molecule has 8 nitrogen and oxygen atoms in total. The molecule has 14 heteroatoms. The Kier molecular flexibility index (Phi) is 8.73. The van der Waals surface area contributed by atoms with Gasteiger partial charge in [-0.05, 0) is 47.2 Å². The maximum Gasteiger partial charge on any atom is 0.417 e. The third-order valence-electron chi connectivity index (χ3n) is 8.31. The van der Waals surface area contributed by atoms with Crippen molar-refractivity contribution in [2.24, 2.45) is 11.8 Å². The third kappa shape index (κ3) is 6.62. The van der Waals surface area contributed by atoms with Gasteiger partial charge in [-0.1, -0.05) is 38.1 Å². The van der Waals surface area contributed by atoms with Crippen molar-refractivity contribution >= 4 is 45.0 Å². The summed E-state index contributed by atoms with van der Waals surface area (Å²) in [7, 11) is 0. The zero-order valence-corrected chi connectivity index (χ0v) is 25.5. The van der Waals surface area contributed by atoms with Crippen molar-refractivity contribution < 1.29 is 54.4 Å². The number of nitrogens with zero attached hydrogens (tertiary/aromatic N) is 2. The largest absolute Gasteiger partial charge is 0.464 e. The lowest BCUT2D eigenvalue weighted by Crippen LogP contribution is -2.35. The van der Waals surface area contributed by atoms with Gasteiger partial charge in [0.2, 0.25) is 0 Å². The highest BCUT2D eigenvalue weighted by Gasteiger charge is 2.36. The molecule has 0 saturated heterocycles. The molecule has 4 aromatic rings. The number of hydrogen-bond acceptors (Lipinski definition) is 8. The van der Waals surface area contributed by atoms with E-state index in [1.165, 1.54) is 46.9 Å². The van der Waals surface area contributed by atoms with E-state index in [0.717, 1.165) is 35.4 Å². The van der Waals surface area contributed by atoms with Crippen molar-refractivity contribution in [2.45, 2.75) is 26.2 Å². The summed E-state index contributed by atoms with van der Waals surface area (Å²) in [6, 6.07) is 7.35. The fourth-order valence-electron chi connectivity index (χ4n) is 6.18. The van der Waals surface area contributed by atoms with Gasteiger partial charge in [-0.3, -0.25) is 0 Å². The predicted octanol–water partition coefficient (Wildman–Crippen LogP) is 8.06. The second-order valence-electron chi connectivity index (χ2n) is 11.6. The van der Waals surface area contributed by atoms with Gasteiger partial charge in [0.25, 0.3) is 0 Å². The quantitative estimate of drug-likeness (QED) is 0.150. The first-order valence-corrected chi connectivity index (χ1v) is 14.9. The maximum absolute atomic E-state index is 13.4. The molecule has 2 atom stereocenters. The molecule has 2 aromatic carbocycles. The summed E-state index contributed by atoms with van der Waals surface area (Å²) in [5, 5.41) is 2.66. The molecule has 2 aliphatic rings. The Balaban J connectivity index is 1.04. The van der Waals surface area contributed by atoms with Crippen LogP contribution < -0.4 is 0 Å². The van der Waals surface area contributed by atoms with E-state index in [1.807, 2.05) is 13.8 Å². The van der Waals surface area contributed by atoms with E-state index in [-0.39, 0.29) is 60.0 Å². The number of furan rings is 2. The van der Waals surface area contributed by atoms with Crippen molar-refractivity contribution in [3.63, 3.8) is 0 Å². The molecule has 48 heavy (non-hydrogen) atoms. The monoisotopic (exact) mass is 674 g/mol. The van der Waals surface area contributed by atoms with Gasteiger partial charge < -0.3 is 18.5 Å². The van der Waals surface area contributed by atoms with Crippen molar-refractivity contribution in [2.75, 3.05) is 26.2 Å². The van der Waals surface area contributed by atoms with Crippen LogP contribution in [0, 0.1) is 11.8 Å². The molecule has 2 unspecified atom stereocenters. The molecule has 0 aliphatic carbocycles. The van der Waals surface area contributed by atoms with Gasteiger partial charge in [-0.25, -0.2) is 9.59 Å². The molecule has 0 amide bonds. The van der Waals surface area contributed by atoms with Gasteiger partial charge in [0.05, 0.1) is 36.7 Å². The van der Waals surface area contributed by atoms with E-state index in [9.17, 15) is 35.9 Å². The molecule has 252 valence electrons. The number of alkyl halides is 6. The summed E-state index contributed by atoms with van der Waals surface area (Å²) >= 11 is 0. The first kappa shape index (κ1) is 33.1. The summed E-state index contributed by atoms with van der Waals surface area (Å²) in [5.74, 6) is -2.15. The van der Waals surface area contributed by atoms with Gasteiger partial charge in [0, 0.05) is 47.1 Å². The second kappa shape index (κ2) is 12.7. The zero-order chi connectivity index (χ0) is 34.4. The van der Waals surface area contributed by atoms with Crippen molar-refractivity contribution in [1.82, 2.24) is 10.1 Å². The lowest BCUT2D eigenvalue weighted by Gasteiger charge is -2.30. The number of rotatable bonds is 6. The highest BCUT2D eigenvalue weighted by molar-refractivity contribution is 5.94. The Bertz CT molecular complexity index is 1830. The fraction of sp³-hybridized carbons (Fsp3) is 0.294. The van der Waals surface area contributed by atoms with Crippen LogP contribution >= 0.6 is 0 Å². The van der Waals surface area contributed by atoms with Gasteiger partial charge in [-0.2, -0.15) is 26.3 Å². The minimum atomic E-state index is -4.53. The number of carbonyl (C=O) groups is 2. The van der Waals surface area contributed by atoms with Crippen LogP contribution in [0.4, 0.5) is 26.3 Å². The van der Waals surface area contributed by atoms with E-state index in [0.29, 0.717) is 11.1 Å². The van der Waals surface area contributed by atoms with E-state index >= 15 is 0 Å². The van der Waals surface area contributed by atoms with Crippen molar-refractivity contribution in [3.05, 3.63) is 95.5 Å². The first-order valence-electron chi connectivity index (χ1n) is 14.9. The summed E-state index contributed by atoms with van der Waals surface area (Å²) in [5.41, 5.74) is 1.20. The average Bonchev–Trinajstić information content (AvgIpc) is 3.69.